The summed E-state index contributed by atoms with van der Waals surface area (Å²) in [4.78, 5) is 9.37. The van der Waals surface area contributed by atoms with E-state index in [2.05, 4.69) is 136 Å². The average molecular weight is 865 g/mol. The van der Waals surface area contributed by atoms with E-state index in [0.29, 0.717) is 0 Å². The summed E-state index contributed by atoms with van der Waals surface area (Å²) in [6.45, 7) is 11.8. The van der Waals surface area contributed by atoms with Crippen molar-refractivity contribution in [3.63, 3.8) is 0 Å². The fourth-order valence-electron chi connectivity index (χ4n) is 7.21. The van der Waals surface area contributed by atoms with Gasteiger partial charge in [0.25, 0.3) is 0 Å². The second-order valence-electron chi connectivity index (χ2n) is 14.8. The third kappa shape index (κ3) is 7.48. The Morgan fingerprint density at radius 1 is 0.780 bits per heavy atom. The van der Waals surface area contributed by atoms with Crippen molar-refractivity contribution in [3.05, 3.63) is 139 Å². The predicted octanol–water partition coefficient (Wildman–Crippen LogP) is 12.1. The van der Waals surface area contributed by atoms with E-state index in [4.69, 9.17) is 4.98 Å². The van der Waals surface area contributed by atoms with Gasteiger partial charge in [0.15, 0.2) is 0 Å². The van der Waals surface area contributed by atoms with Crippen LogP contribution in [0.2, 0.25) is 19.6 Å². The molecule has 3 heterocycles. The van der Waals surface area contributed by atoms with Gasteiger partial charge in [0, 0.05) is 37.2 Å². The van der Waals surface area contributed by atoms with Gasteiger partial charge in [-0.1, -0.05) is 130 Å². The van der Waals surface area contributed by atoms with E-state index in [1.165, 1.54) is 67.7 Å². The molecule has 2 nitrogen and oxygen atoms in total. The number of fused-ring (bicyclic) bond motifs is 3. The van der Waals surface area contributed by atoms with Gasteiger partial charge in [0.05, 0.1) is 8.07 Å². The molecule has 1 radical (unpaired) electrons. The molecular formula is C45H44IrN2SSi-2. The Morgan fingerprint density at radius 2 is 1.52 bits per heavy atom. The molecule has 7 aromatic rings. The minimum absolute atomic E-state index is 0. The standard InChI is InChI=1S/C31H28NS.C14H16NSi.Ir/c1-31(2,22-12-6-7-13-22)23-18-19-32-27(20-23)25-17-16-24(21-10-4-3-5-11-21)29-26-14-8-9-15-28(26)33-30(25)29;1-16(2,3)13-9-10-14(15-11-13)12-7-5-4-6-8-12;/h3-5,8-11,14-16,18-20,22H,6-7,12-13H2,1-2H3;4-7,9-11H,1-3H3;/q2*-1;. The van der Waals surface area contributed by atoms with Crippen LogP contribution in [0.15, 0.2) is 122 Å². The first kappa shape index (κ1) is 36.1. The zero-order valence-electron chi connectivity index (χ0n) is 29.6. The zero-order chi connectivity index (χ0) is 34.0. The van der Waals surface area contributed by atoms with Crippen molar-refractivity contribution in [2.45, 2.75) is 64.6 Å². The first-order valence-corrected chi connectivity index (χ1v) is 21.8. The van der Waals surface area contributed by atoms with Crippen LogP contribution in [0, 0.1) is 18.1 Å². The topological polar surface area (TPSA) is 25.8 Å². The number of nitrogens with zero attached hydrogens (tertiary/aromatic N) is 2. The van der Waals surface area contributed by atoms with Crippen LogP contribution >= 0.6 is 11.3 Å². The molecular weight excluding hydrogens is 821 g/mol. The summed E-state index contributed by atoms with van der Waals surface area (Å²) >= 11 is 1.86. The maximum atomic E-state index is 4.85. The fourth-order valence-corrected chi connectivity index (χ4v) is 9.48. The Kier molecular flexibility index (Phi) is 11.0. The van der Waals surface area contributed by atoms with Crippen molar-refractivity contribution >= 4 is 44.8 Å². The molecule has 4 aromatic carbocycles. The van der Waals surface area contributed by atoms with Crippen molar-refractivity contribution in [1.29, 1.82) is 0 Å². The van der Waals surface area contributed by atoms with Gasteiger partial charge in [-0.2, -0.15) is 11.3 Å². The Hall–Kier alpha value is -3.73. The number of thiophene rings is 1. The molecule has 0 aliphatic heterocycles. The van der Waals surface area contributed by atoms with E-state index in [-0.39, 0.29) is 25.5 Å². The molecule has 0 spiro atoms. The molecule has 1 aliphatic carbocycles. The van der Waals surface area contributed by atoms with Gasteiger partial charge < -0.3 is 9.97 Å². The molecule has 0 atom stereocenters. The minimum Gasteiger partial charge on any atom is -0.305 e. The molecule has 0 amide bonds. The molecule has 8 rings (SSSR count). The fraction of sp³-hybridized carbons (Fsp3) is 0.244. The van der Waals surface area contributed by atoms with Crippen molar-refractivity contribution < 1.29 is 20.1 Å². The first-order chi connectivity index (χ1) is 23.7. The van der Waals surface area contributed by atoms with Gasteiger partial charge in [-0.05, 0) is 68.5 Å². The van der Waals surface area contributed by atoms with Crippen LogP contribution in [-0.2, 0) is 25.5 Å². The molecule has 50 heavy (non-hydrogen) atoms. The van der Waals surface area contributed by atoms with Crippen molar-refractivity contribution in [2.24, 2.45) is 5.92 Å². The van der Waals surface area contributed by atoms with Crippen LogP contribution in [0.5, 0.6) is 0 Å². The van der Waals surface area contributed by atoms with E-state index in [0.717, 1.165) is 28.4 Å². The van der Waals surface area contributed by atoms with Gasteiger partial charge in [0.1, 0.15) is 0 Å². The van der Waals surface area contributed by atoms with Crippen LogP contribution in [0.25, 0.3) is 53.8 Å². The molecule has 1 saturated carbocycles. The zero-order valence-corrected chi connectivity index (χ0v) is 33.8. The average Bonchev–Trinajstić information content (AvgIpc) is 3.82. The smallest absolute Gasteiger partial charge is 0.0795 e. The van der Waals surface area contributed by atoms with Crippen LogP contribution in [-0.4, -0.2) is 18.0 Å². The number of aromatic nitrogens is 2. The molecule has 0 bridgehead atoms. The largest absolute Gasteiger partial charge is 0.305 e. The van der Waals surface area contributed by atoms with Crippen LogP contribution in [0.4, 0.5) is 0 Å². The van der Waals surface area contributed by atoms with E-state index in [1.54, 1.807) is 0 Å². The Labute approximate surface area is 316 Å². The third-order valence-corrected chi connectivity index (χ3v) is 13.5. The summed E-state index contributed by atoms with van der Waals surface area (Å²) < 4.78 is 2.59. The molecule has 0 unspecified atom stereocenters. The minimum atomic E-state index is -1.23. The predicted molar refractivity (Wildman–Crippen MR) is 213 cm³/mol. The maximum absolute atomic E-state index is 4.85. The number of hydrogen-bond acceptors (Lipinski definition) is 3. The summed E-state index contributed by atoms with van der Waals surface area (Å²) in [6.07, 6.45) is 9.42. The van der Waals surface area contributed by atoms with Crippen LogP contribution in [0.3, 0.4) is 0 Å². The van der Waals surface area contributed by atoms with Gasteiger partial charge in [-0.3, -0.25) is 0 Å². The molecule has 3 aromatic heterocycles. The quantitative estimate of drug-likeness (QED) is 0.123. The van der Waals surface area contributed by atoms with E-state index in [1.807, 2.05) is 48.0 Å². The summed E-state index contributed by atoms with van der Waals surface area (Å²) in [5, 5.41) is 4.03. The Morgan fingerprint density at radius 3 is 2.22 bits per heavy atom. The summed E-state index contributed by atoms with van der Waals surface area (Å²) in [6, 6.07) is 45.2. The summed E-state index contributed by atoms with van der Waals surface area (Å²) in [5.74, 6) is 0.751. The van der Waals surface area contributed by atoms with Gasteiger partial charge >= 0.3 is 0 Å². The number of pyridine rings is 2. The SMILES string of the molecule is CC(C)(c1ccnc(-c2[c-]cc(-c3ccccc3)c3c2sc2ccccc23)c1)C1CCCC1.C[Si](C)(C)c1ccc(-c2[c-]cccc2)nc1.[Ir]. The molecule has 1 fully saturated rings. The molecule has 0 N–H and O–H groups in total. The number of hydrogen-bond donors (Lipinski definition) is 0. The normalized spacial score (nSPS) is 13.5. The first-order valence-electron chi connectivity index (χ1n) is 17.5. The third-order valence-electron chi connectivity index (χ3n) is 10.3. The van der Waals surface area contributed by atoms with E-state index >= 15 is 0 Å². The summed E-state index contributed by atoms with van der Waals surface area (Å²) in [5.41, 5.74) is 8.26. The Balaban J connectivity index is 0.000000215. The number of rotatable bonds is 6. The van der Waals surface area contributed by atoms with E-state index in [9.17, 15) is 0 Å². The van der Waals surface area contributed by atoms with Gasteiger partial charge in [0.2, 0.25) is 0 Å². The van der Waals surface area contributed by atoms with Gasteiger partial charge in [-0.15, -0.1) is 53.6 Å². The van der Waals surface area contributed by atoms with E-state index < -0.39 is 8.07 Å². The second kappa shape index (κ2) is 15.2. The number of benzene rings is 4. The monoisotopic (exact) mass is 865 g/mol. The van der Waals surface area contributed by atoms with Crippen molar-refractivity contribution in [2.75, 3.05) is 0 Å². The summed E-state index contributed by atoms with van der Waals surface area (Å²) in [7, 11) is -1.23. The van der Waals surface area contributed by atoms with Crippen molar-refractivity contribution in [3.8, 4) is 33.6 Å². The van der Waals surface area contributed by atoms with Crippen molar-refractivity contribution in [1.82, 2.24) is 9.97 Å². The van der Waals surface area contributed by atoms with Gasteiger partial charge in [-0.25, -0.2) is 0 Å². The molecule has 1 aliphatic rings. The molecule has 0 saturated heterocycles. The van der Waals surface area contributed by atoms with Crippen LogP contribution < -0.4 is 5.19 Å². The molecule has 5 heteroatoms. The van der Waals surface area contributed by atoms with Crippen LogP contribution in [0.1, 0.15) is 45.1 Å². The maximum Gasteiger partial charge on any atom is 0.0795 e. The Bertz CT molecular complexity index is 2180. The second-order valence-corrected chi connectivity index (χ2v) is 21.0. The molecule has 255 valence electrons.